The number of carbonyl (C=O) groups is 2. The summed E-state index contributed by atoms with van der Waals surface area (Å²) in [5, 5.41) is 13.9. The zero-order chi connectivity index (χ0) is 19.6. The van der Waals surface area contributed by atoms with Gasteiger partial charge < -0.3 is 19.7 Å². The van der Waals surface area contributed by atoms with Crippen molar-refractivity contribution < 1.29 is 19.1 Å². The van der Waals surface area contributed by atoms with Gasteiger partial charge in [-0.25, -0.2) is 0 Å². The fraction of sp³-hybridized carbons (Fsp3) is 0.263. The van der Waals surface area contributed by atoms with E-state index < -0.39 is 23.6 Å². The molecule has 0 fully saturated rings. The predicted molar refractivity (Wildman–Crippen MR) is 102 cm³/mol. The Morgan fingerprint density at radius 1 is 1.30 bits per heavy atom. The fourth-order valence-electron chi connectivity index (χ4n) is 3.06. The highest BCUT2D eigenvalue weighted by molar-refractivity contribution is 6.42. The SMILES string of the molecule is CN1C(=O)C(O)=C(C(=O)NCCCc2ccc(Cl)c(Cl)c2)C1c1ccoc1. The minimum atomic E-state index is -0.675. The summed E-state index contributed by atoms with van der Waals surface area (Å²) in [5.41, 5.74) is 1.65. The molecule has 1 aromatic carbocycles. The highest BCUT2D eigenvalue weighted by Crippen LogP contribution is 2.36. The van der Waals surface area contributed by atoms with Crippen LogP contribution < -0.4 is 5.32 Å². The molecule has 0 saturated carbocycles. The molecule has 1 aromatic heterocycles. The van der Waals surface area contributed by atoms with Crippen LogP contribution in [0, 0.1) is 0 Å². The molecule has 2 aromatic rings. The molecule has 1 aliphatic rings. The predicted octanol–water partition coefficient (Wildman–Crippen LogP) is 3.66. The molecule has 0 bridgehead atoms. The number of amides is 2. The largest absolute Gasteiger partial charge is 0.503 e. The first-order valence-corrected chi connectivity index (χ1v) is 9.10. The van der Waals surface area contributed by atoms with Gasteiger partial charge in [0.05, 0.1) is 34.2 Å². The van der Waals surface area contributed by atoms with Gasteiger partial charge in [-0.15, -0.1) is 0 Å². The summed E-state index contributed by atoms with van der Waals surface area (Å²) in [4.78, 5) is 26.0. The van der Waals surface area contributed by atoms with Crippen LogP contribution in [0.2, 0.25) is 10.0 Å². The van der Waals surface area contributed by atoms with Crippen LogP contribution in [0.4, 0.5) is 0 Å². The number of benzene rings is 1. The molecular weight excluding hydrogens is 391 g/mol. The van der Waals surface area contributed by atoms with Gasteiger partial charge in [-0.05, 0) is 36.6 Å². The van der Waals surface area contributed by atoms with E-state index in [9.17, 15) is 14.7 Å². The molecule has 2 N–H and O–H groups in total. The van der Waals surface area contributed by atoms with Gasteiger partial charge in [0.1, 0.15) is 0 Å². The third-order valence-corrected chi connectivity index (χ3v) is 5.19. The van der Waals surface area contributed by atoms with Crippen LogP contribution in [0.5, 0.6) is 0 Å². The molecule has 1 aliphatic heterocycles. The molecule has 27 heavy (non-hydrogen) atoms. The van der Waals surface area contributed by atoms with Crippen molar-refractivity contribution >= 4 is 35.0 Å². The van der Waals surface area contributed by atoms with Gasteiger partial charge in [0.25, 0.3) is 11.8 Å². The molecule has 1 atom stereocenters. The molecule has 6 nitrogen and oxygen atoms in total. The van der Waals surface area contributed by atoms with Crippen LogP contribution >= 0.6 is 23.2 Å². The van der Waals surface area contributed by atoms with Gasteiger partial charge in [0.15, 0.2) is 5.76 Å². The Hall–Kier alpha value is -2.44. The quantitative estimate of drug-likeness (QED) is 0.714. The molecule has 2 amide bonds. The Balaban J connectivity index is 1.62. The van der Waals surface area contributed by atoms with Crippen LogP contribution in [0.3, 0.4) is 0 Å². The standard InChI is InChI=1S/C19H18Cl2N2O4/c1-23-16(12-6-8-27-10-12)15(17(24)19(23)26)18(25)22-7-2-3-11-4-5-13(20)14(21)9-11/h4-6,8-10,16,24H,2-3,7H2,1H3,(H,22,25). The van der Waals surface area contributed by atoms with Crippen molar-refractivity contribution in [1.82, 2.24) is 10.2 Å². The number of hydrogen-bond acceptors (Lipinski definition) is 4. The van der Waals surface area contributed by atoms with Gasteiger partial charge in [-0.1, -0.05) is 29.3 Å². The Kier molecular flexibility index (Phi) is 5.77. The number of rotatable bonds is 6. The van der Waals surface area contributed by atoms with Crippen molar-refractivity contribution in [2.24, 2.45) is 0 Å². The maximum atomic E-state index is 12.6. The number of furan rings is 1. The van der Waals surface area contributed by atoms with Gasteiger partial charge in [0, 0.05) is 19.2 Å². The van der Waals surface area contributed by atoms with E-state index in [1.54, 1.807) is 18.2 Å². The Labute approximate surface area is 166 Å². The van der Waals surface area contributed by atoms with Crippen molar-refractivity contribution in [2.75, 3.05) is 13.6 Å². The van der Waals surface area contributed by atoms with E-state index in [0.717, 1.165) is 5.56 Å². The number of nitrogens with zero attached hydrogens (tertiary/aromatic N) is 1. The van der Waals surface area contributed by atoms with Gasteiger partial charge in [-0.3, -0.25) is 9.59 Å². The highest BCUT2D eigenvalue weighted by atomic mass is 35.5. The highest BCUT2D eigenvalue weighted by Gasteiger charge is 2.42. The fourth-order valence-corrected chi connectivity index (χ4v) is 3.38. The molecule has 0 aliphatic carbocycles. The summed E-state index contributed by atoms with van der Waals surface area (Å²) in [7, 11) is 1.53. The third kappa shape index (κ3) is 3.96. The lowest BCUT2D eigenvalue weighted by Gasteiger charge is -2.20. The number of carbonyl (C=O) groups excluding carboxylic acids is 2. The van der Waals surface area contributed by atoms with Crippen molar-refractivity contribution in [3.8, 4) is 0 Å². The average Bonchev–Trinajstić information content (AvgIpc) is 3.24. The van der Waals surface area contributed by atoms with Gasteiger partial charge in [-0.2, -0.15) is 0 Å². The normalized spacial score (nSPS) is 16.9. The molecule has 3 rings (SSSR count). The second kappa shape index (κ2) is 8.06. The first-order chi connectivity index (χ1) is 12.9. The summed E-state index contributed by atoms with van der Waals surface area (Å²) in [6.07, 6.45) is 4.27. The first-order valence-electron chi connectivity index (χ1n) is 8.34. The molecule has 0 spiro atoms. The molecule has 1 unspecified atom stereocenters. The van der Waals surface area contributed by atoms with Crippen LogP contribution in [-0.2, 0) is 16.0 Å². The number of halogens is 2. The van der Waals surface area contributed by atoms with E-state index in [4.69, 9.17) is 27.6 Å². The van der Waals surface area contributed by atoms with Gasteiger partial charge >= 0.3 is 0 Å². The molecular formula is C19H18Cl2N2O4. The lowest BCUT2D eigenvalue weighted by atomic mass is 10.0. The summed E-state index contributed by atoms with van der Waals surface area (Å²) >= 11 is 11.9. The molecule has 0 saturated heterocycles. The third-order valence-electron chi connectivity index (χ3n) is 4.45. The second-order valence-corrected chi connectivity index (χ2v) is 7.06. The van der Waals surface area contributed by atoms with E-state index in [-0.39, 0.29) is 5.57 Å². The summed E-state index contributed by atoms with van der Waals surface area (Å²) in [6.45, 7) is 0.381. The second-order valence-electron chi connectivity index (χ2n) is 6.25. The zero-order valence-corrected chi connectivity index (χ0v) is 16.0. The zero-order valence-electron chi connectivity index (χ0n) is 14.5. The average molecular weight is 409 g/mol. The minimum absolute atomic E-state index is 0.0263. The number of hydrogen-bond donors (Lipinski definition) is 2. The van der Waals surface area contributed by atoms with Crippen LogP contribution in [-0.4, -0.2) is 35.4 Å². The number of aryl methyl sites for hydroxylation is 1. The van der Waals surface area contributed by atoms with E-state index in [0.29, 0.717) is 35.0 Å². The lowest BCUT2D eigenvalue weighted by molar-refractivity contribution is -0.128. The molecule has 2 heterocycles. The number of aliphatic hydroxyl groups is 1. The van der Waals surface area contributed by atoms with Gasteiger partial charge in [0.2, 0.25) is 0 Å². The minimum Gasteiger partial charge on any atom is -0.503 e. The maximum absolute atomic E-state index is 12.6. The summed E-state index contributed by atoms with van der Waals surface area (Å²) < 4.78 is 5.05. The number of aliphatic hydroxyl groups excluding tert-OH is 1. The lowest BCUT2D eigenvalue weighted by Crippen LogP contribution is -2.31. The van der Waals surface area contributed by atoms with Crippen molar-refractivity contribution in [2.45, 2.75) is 18.9 Å². The smallest absolute Gasteiger partial charge is 0.289 e. The van der Waals surface area contributed by atoms with Crippen molar-refractivity contribution in [3.63, 3.8) is 0 Å². The van der Waals surface area contributed by atoms with Crippen molar-refractivity contribution in [1.29, 1.82) is 0 Å². The maximum Gasteiger partial charge on any atom is 0.289 e. The Morgan fingerprint density at radius 3 is 2.74 bits per heavy atom. The summed E-state index contributed by atoms with van der Waals surface area (Å²) in [5.74, 6) is -1.61. The Bertz CT molecular complexity index is 893. The van der Waals surface area contributed by atoms with Crippen LogP contribution in [0.1, 0.15) is 23.6 Å². The molecule has 142 valence electrons. The molecule has 8 heteroatoms. The monoisotopic (exact) mass is 408 g/mol. The van der Waals surface area contributed by atoms with E-state index in [2.05, 4.69) is 5.32 Å². The van der Waals surface area contributed by atoms with E-state index in [1.807, 2.05) is 6.07 Å². The number of nitrogens with one attached hydrogen (secondary N) is 1. The van der Waals surface area contributed by atoms with Crippen LogP contribution in [0.15, 0.2) is 52.5 Å². The molecule has 0 radical (unpaired) electrons. The van der Waals surface area contributed by atoms with E-state index >= 15 is 0 Å². The number of likely N-dealkylation sites (N-methyl/N-ethyl adjacent to an activating group) is 1. The van der Waals surface area contributed by atoms with Crippen LogP contribution in [0.25, 0.3) is 0 Å². The first kappa shape index (κ1) is 19.3. The van der Waals surface area contributed by atoms with E-state index in [1.165, 1.54) is 24.5 Å². The topological polar surface area (TPSA) is 82.8 Å². The summed E-state index contributed by atoms with van der Waals surface area (Å²) in [6, 6.07) is 6.39. The van der Waals surface area contributed by atoms with Crippen molar-refractivity contribution in [3.05, 3.63) is 69.3 Å². The Morgan fingerprint density at radius 2 is 2.07 bits per heavy atom.